The topological polar surface area (TPSA) is 71.4 Å². The Kier molecular flexibility index (Phi) is 3.14. The van der Waals surface area contributed by atoms with Gasteiger partial charge in [0.25, 0.3) is 0 Å². The number of carboxylic acids is 1. The number of hydrogen-bond donors (Lipinski definition) is 1. The summed E-state index contributed by atoms with van der Waals surface area (Å²) in [5.41, 5.74) is 1.43. The zero-order chi connectivity index (χ0) is 11.6. The Hall–Kier alpha value is -1.36. The van der Waals surface area contributed by atoms with Gasteiger partial charge in [0.05, 0.1) is 11.3 Å². The highest BCUT2D eigenvalue weighted by molar-refractivity contribution is 7.89. The first-order valence-corrected chi connectivity index (χ1v) is 6.36. The standard InChI is InChI=1S/C10H12O4S/c1-7-3-4-8(10(11)12)5-9(7)6-15(2,13)14/h3-5H,6H2,1-2H3,(H,11,12). The first-order valence-electron chi connectivity index (χ1n) is 4.30. The SMILES string of the molecule is Cc1ccc(C(=O)O)cc1CS(C)(=O)=O. The highest BCUT2D eigenvalue weighted by atomic mass is 32.2. The second-order valence-corrected chi connectivity index (χ2v) is 5.66. The summed E-state index contributed by atoms with van der Waals surface area (Å²) in [7, 11) is -3.14. The van der Waals surface area contributed by atoms with Gasteiger partial charge in [-0.3, -0.25) is 0 Å². The summed E-state index contributed by atoms with van der Waals surface area (Å²) >= 11 is 0. The smallest absolute Gasteiger partial charge is 0.335 e. The third kappa shape index (κ3) is 3.36. The molecule has 0 fully saturated rings. The van der Waals surface area contributed by atoms with Crippen molar-refractivity contribution in [3.63, 3.8) is 0 Å². The lowest BCUT2D eigenvalue weighted by molar-refractivity contribution is 0.0696. The van der Waals surface area contributed by atoms with E-state index < -0.39 is 15.8 Å². The van der Waals surface area contributed by atoms with E-state index in [2.05, 4.69) is 0 Å². The fourth-order valence-corrected chi connectivity index (χ4v) is 2.12. The molecule has 0 spiro atoms. The predicted molar refractivity (Wildman–Crippen MR) is 56.7 cm³/mol. The number of hydrogen-bond acceptors (Lipinski definition) is 3. The molecule has 0 atom stereocenters. The quantitative estimate of drug-likeness (QED) is 0.844. The molecule has 1 aromatic rings. The minimum Gasteiger partial charge on any atom is -0.478 e. The monoisotopic (exact) mass is 228 g/mol. The van der Waals surface area contributed by atoms with Gasteiger partial charge in [0.2, 0.25) is 0 Å². The van der Waals surface area contributed by atoms with Crippen LogP contribution in [0.4, 0.5) is 0 Å². The van der Waals surface area contributed by atoms with Crippen molar-refractivity contribution in [2.45, 2.75) is 12.7 Å². The van der Waals surface area contributed by atoms with E-state index in [4.69, 9.17) is 5.11 Å². The lowest BCUT2D eigenvalue weighted by Gasteiger charge is -2.05. The summed E-state index contributed by atoms with van der Waals surface area (Å²) in [5, 5.41) is 8.75. The molecule has 0 aliphatic rings. The molecule has 0 radical (unpaired) electrons. The lowest BCUT2D eigenvalue weighted by Crippen LogP contribution is -2.05. The van der Waals surface area contributed by atoms with Crippen molar-refractivity contribution in [1.29, 1.82) is 0 Å². The molecule has 0 saturated carbocycles. The van der Waals surface area contributed by atoms with E-state index in [1.54, 1.807) is 13.0 Å². The van der Waals surface area contributed by atoms with Crippen LogP contribution in [0.5, 0.6) is 0 Å². The molecule has 5 heteroatoms. The molecule has 0 aliphatic heterocycles. The van der Waals surface area contributed by atoms with Gasteiger partial charge in [-0.2, -0.15) is 0 Å². The Labute approximate surface area is 88.5 Å². The van der Waals surface area contributed by atoms with Crippen LogP contribution in [0.3, 0.4) is 0 Å². The van der Waals surface area contributed by atoms with Crippen molar-refractivity contribution >= 4 is 15.8 Å². The first kappa shape index (κ1) is 11.7. The van der Waals surface area contributed by atoms with Crippen molar-refractivity contribution in [2.24, 2.45) is 0 Å². The predicted octanol–water partition coefficient (Wildman–Crippen LogP) is 1.24. The van der Waals surface area contributed by atoms with Crippen LogP contribution in [-0.2, 0) is 15.6 Å². The summed E-state index contributed by atoms with van der Waals surface area (Å²) in [6.45, 7) is 1.76. The molecule has 1 N–H and O–H groups in total. The average Bonchev–Trinajstić information content (AvgIpc) is 2.06. The summed E-state index contributed by atoms with van der Waals surface area (Å²) in [5.74, 6) is -1.18. The summed E-state index contributed by atoms with van der Waals surface area (Å²) in [6.07, 6.45) is 1.12. The largest absolute Gasteiger partial charge is 0.478 e. The van der Waals surface area contributed by atoms with Crippen molar-refractivity contribution in [3.05, 3.63) is 34.9 Å². The molecule has 0 amide bonds. The van der Waals surface area contributed by atoms with Crippen LogP contribution in [-0.4, -0.2) is 25.7 Å². The van der Waals surface area contributed by atoms with E-state index in [9.17, 15) is 13.2 Å². The molecule has 0 saturated heterocycles. The number of aromatic carboxylic acids is 1. The maximum absolute atomic E-state index is 11.1. The van der Waals surface area contributed by atoms with Crippen LogP contribution < -0.4 is 0 Å². The van der Waals surface area contributed by atoms with Crippen LogP contribution in [0.1, 0.15) is 21.5 Å². The number of aryl methyl sites for hydroxylation is 1. The van der Waals surface area contributed by atoms with Gasteiger partial charge in [-0.15, -0.1) is 0 Å². The van der Waals surface area contributed by atoms with Gasteiger partial charge in [-0.1, -0.05) is 6.07 Å². The van der Waals surface area contributed by atoms with Gasteiger partial charge >= 0.3 is 5.97 Å². The summed E-state index contributed by atoms with van der Waals surface area (Å²) < 4.78 is 22.2. The fraction of sp³-hybridized carbons (Fsp3) is 0.300. The minimum absolute atomic E-state index is 0.110. The van der Waals surface area contributed by atoms with E-state index in [1.165, 1.54) is 12.1 Å². The van der Waals surface area contributed by atoms with Gasteiger partial charge in [-0.25, -0.2) is 13.2 Å². The number of rotatable bonds is 3. The Morgan fingerprint density at radius 1 is 1.40 bits per heavy atom. The Morgan fingerprint density at radius 3 is 2.47 bits per heavy atom. The second kappa shape index (κ2) is 4.02. The van der Waals surface area contributed by atoms with Gasteiger partial charge < -0.3 is 5.11 Å². The molecule has 0 bridgehead atoms. The molecule has 82 valence electrons. The van der Waals surface area contributed by atoms with Gasteiger partial charge in [0.15, 0.2) is 9.84 Å². The summed E-state index contributed by atoms with van der Waals surface area (Å²) in [6, 6.07) is 4.48. The Balaban J connectivity index is 3.17. The van der Waals surface area contributed by atoms with E-state index in [0.717, 1.165) is 11.8 Å². The molecule has 0 unspecified atom stereocenters. The molecule has 0 aromatic heterocycles. The van der Waals surface area contributed by atoms with Crippen molar-refractivity contribution in [3.8, 4) is 0 Å². The zero-order valence-corrected chi connectivity index (χ0v) is 9.34. The maximum atomic E-state index is 11.1. The molecule has 1 aromatic carbocycles. The Morgan fingerprint density at radius 2 is 2.00 bits per heavy atom. The van der Waals surface area contributed by atoms with Crippen LogP contribution >= 0.6 is 0 Å². The van der Waals surface area contributed by atoms with E-state index >= 15 is 0 Å². The summed E-state index contributed by atoms with van der Waals surface area (Å²) in [4.78, 5) is 10.7. The van der Waals surface area contributed by atoms with E-state index in [1.807, 2.05) is 0 Å². The lowest BCUT2D eigenvalue weighted by atomic mass is 10.1. The number of carbonyl (C=O) groups is 1. The van der Waals surface area contributed by atoms with E-state index in [-0.39, 0.29) is 11.3 Å². The molecule has 4 nitrogen and oxygen atoms in total. The number of benzene rings is 1. The first-order chi connectivity index (χ1) is 6.79. The average molecular weight is 228 g/mol. The number of carboxylic acid groups (broad SMARTS) is 1. The van der Waals surface area contributed by atoms with Crippen molar-refractivity contribution in [1.82, 2.24) is 0 Å². The highest BCUT2D eigenvalue weighted by Gasteiger charge is 2.10. The van der Waals surface area contributed by atoms with Crippen LogP contribution in [0.2, 0.25) is 0 Å². The molecular weight excluding hydrogens is 216 g/mol. The molecular formula is C10H12O4S. The maximum Gasteiger partial charge on any atom is 0.335 e. The van der Waals surface area contributed by atoms with Crippen LogP contribution in [0, 0.1) is 6.92 Å². The van der Waals surface area contributed by atoms with Gasteiger partial charge in [0.1, 0.15) is 0 Å². The normalized spacial score (nSPS) is 11.3. The fourth-order valence-electron chi connectivity index (χ4n) is 1.24. The number of sulfone groups is 1. The van der Waals surface area contributed by atoms with Crippen molar-refractivity contribution in [2.75, 3.05) is 6.26 Å². The van der Waals surface area contributed by atoms with Crippen LogP contribution in [0.15, 0.2) is 18.2 Å². The minimum atomic E-state index is -3.14. The van der Waals surface area contributed by atoms with Gasteiger partial charge in [0, 0.05) is 6.26 Å². The molecule has 0 aliphatic carbocycles. The Bertz CT molecular complexity index is 488. The molecule has 1 rings (SSSR count). The van der Waals surface area contributed by atoms with Gasteiger partial charge in [-0.05, 0) is 30.2 Å². The highest BCUT2D eigenvalue weighted by Crippen LogP contribution is 2.14. The third-order valence-corrected chi connectivity index (χ3v) is 2.85. The van der Waals surface area contributed by atoms with Crippen LogP contribution in [0.25, 0.3) is 0 Å². The zero-order valence-electron chi connectivity index (χ0n) is 8.52. The third-order valence-electron chi connectivity index (χ3n) is 2.01. The van der Waals surface area contributed by atoms with E-state index in [0.29, 0.717) is 5.56 Å². The van der Waals surface area contributed by atoms with Crippen molar-refractivity contribution < 1.29 is 18.3 Å². The molecule has 0 heterocycles. The molecule has 15 heavy (non-hydrogen) atoms. The second-order valence-electron chi connectivity index (χ2n) is 3.52.